The molecule has 1 aromatic heterocycles. The number of hydrogen-bond donors (Lipinski definition) is 12. The number of azo groups is 1. The topological polar surface area (TPSA) is 434 Å². The van der Waals surface area contributed by atoms with Crippen LogP contribution in [0.5, 0.6) is 5.75 Å². The number of phosphoric acid groups is 2. The molecule has 4 heterocycles. The summed E-state index contributed by atoms with van der Waals surface area (Å²) in [5.74, 6) is 0.00279. The van der Waals surface area contributed by atoms with E-state index in [1.807, 2.05) is 11.8 Å². The summed E-state index contributed by atoms with van der Waals surface area (Å²) in [6, 6.07) is 11.3. The van der Waals surface area contributed by atoms with E-state index in [0.29, 0.717) is 88.7 Å². The molecule has 3 saturated heterocycles. The third-order valence-electron chi connectivity index (χ3n) is 12.6. The number of thioether (sulfide) groups is 1. The molecule has 81 heavy (non-hydrogen) atoms. The smallest absolute Gasteiger partial charge is 0.470 e. The molecule has 0 radical (unpaired) electrons. The minimum absolute atomic E-state index is 0.00104. The highest BCUT2D eigenvalue weighted by atomic mass is 32.2. The second-order valence-corrected chi connectivity index (χ2v) is 22.4. The van der Waals surface area contributed by atoms with Crippen LogP contribution in [0.15, 0.2) is 63.7 Å². The Hall–Kier alpha value is -5.47. The minimum atomic E-state index is -5.28. The number of nitrogens with zero attached hydrogens (tertiary/aromatic N) is 4. The SMILES string of the molecule is Nc1nc(=O)n([C@@H]2O[C@H](COP(=O)(O)O)C(OP(=O)(O)O)[C@@H]2O)cc1CCCNC(=O)c1ccc(N=Nc2cc(CCNC(=O)CCOCCOCCOCCOCCNC(=O)CCCC[C@@H]3SC[C@@H]4NC(=O)N[C@@H]43)ccc2O)cc1. The first kappa shape index (κ1) is 64.7. The molecule has 3 fully saturated rings. The number of phosphoric ester groups is 2. The summed E-state index contributed by atoms with van der Waals surface area (Å²) in [5.41, 5.74) is 6.85. The summed E-state index contributed by atoms with van der Waals surface area (Å²) >= 11 is 1.87. The summed E-state index contributed by atoms with van der Waals surface area (Å²) in [6.07, 6.45) is -1.78. The average molecular weight is 1200 g/mol. The number of hydrogen-bond acceptors (Lipinski definition) is 21. The molecular weight excluding hydrogens is 1130 g/mol. The number of aliphatic hydroxyl groups is 1. The van der Waals surface area contributed by atoms with Gasteiger partial charge in [0, 0.05) is 60.8 Å². The second kappa shape index (κ2) is 32.4. The fourth-order valence-electron chi connectivity index (χ4n) is 8.60. The maximum atomic E-state index is 12.9. The van der Waals surface area contributed by atoms with Crippen LogP contribution in [0.2, 0.25) is 0 Å². The number of aromatic hydroxyl groups is 1. The first-order valence-corrected chi connectivity index (χ1v) is 30.1. The maximum Gasteiger partial charge on any atom is 0.470 e. The molecule has 0 aliphatic carbocycles. The number of phenolic OH excluding ortho intramolecular Hbond substituents is 1. The predicted octanol–water partition coefficient (Wildman–Crippen LogP) is 1.11. The fourth-order valence-corrected chi connectivity index (χ4v) is 11.1. The van der Waals surface area contributed by atoms with Gasteiger partial charge >= 0.3 is 27.4 Å². The molecule has 448 valence electrons. The third kappa shape index (κ3) is 22.3. The van der Waals surface area contributed by atoms with Crippen molar-refractivity contribution in [3.05, 3.63) is 75.8 Å². The van der Waals surface area contributed by atoms with E-state index in [4.69, 9.17) is 39.2 Å². The standard InChI is InChI=1S/C48H70N10O20P2S/c49-44-32(27-58(48(65)55-44)46-42(62)43(78-80(69,70)71)37(77-46)28-76-79(66,67)68)4-3-15-52-45(63)31-8-10-33(11-9-31)56-57-34-26-30(7-12-36(34)59)13-16-50-40(61)14-18-72-20-22-74-24-25-75-23-21-73-19-17-51-39(60)6-2-1-5-38-41-35(29-81-38)53-47(64)54-41/h7-12,26-27,35,37-38,41-43,46,59,62H,1-6,13-25,28-29H2,(H,50,61)(H,51,60)(H,52,63)(H2,49,55,65)(H2,53,54,64)(H2,66,67,68)(H2,69,70,71)/t35-,37+,38-,41-,42-,43?,46+/m0/s1. The Morgan fingerprint density at radius 1 is 0.802 bits per heavy atom. The van der Waals surface area contributed by atoms with Gasteiger partial charge in [-0.15, -0.1) is 5.11 Å². The number of unbranched alkanes of at least 4 members (excludes halogenated alkanes) is 1. The first-order valence-electron chi connectivity index (χ1n) is 26.0. The molecule has 0 saturated carbocycles. The lowest BCUT2D eigenvalue weighted by Crippen LogP contribution is -2.38. The molecule has 6 rings (SSSR count). The van der Waals surface area contributed by atoms with Crippen LogP contribution < -0.4 is 38.0 Å². The van der Waals surface area contributed by atoms with Crippen molar-refractivity contribution in [3.63, 3.8) is 0 Å². The van der Waals surface area contributed by atoms with E-state index in [-0.39, 0.29) is 85.2 Å². The number of carbonyl (C=O) groups is 4. The molecule has 3 aliphatic heterocycles. The number of aliphatic hydroxyl groups excluding tert-OH is 1. The lowest BCUT2D eigenvalue weighted by atomic mass is 10.0. The quantitative estimate of drug-likeness (QED) is 0.0168. The zero-order chi connectivity index (χ0) is 58.4. The Morgan fingerprint density at radius 3 is 2.19 bits per heavy atom. The van der Waals surface area contributed by atoms with Crippen molar-refractivity contribution in [3.8, 4) is 5.75 Å². The molecule has 1 unspecified atom stereocenters. The van der Waals surface area contributed by atoms with E-state index in [0.717, 1.165) is 35.1 Å². The van der Waals surface area contributed by atoms with Crippen LogP contribution in [0, 0.1) is 0 Å². The fraction of sp³-hybridized carbons (Fsp3) is 0.583. The average Bonchev–Trinajstić information content (AvgIpc) is 4.16. The van der Waals surface area contributed by atoms with Gasteiger partial charge in [0.2, 0.25) is 11.8 Å². The number of benzene rings is 2. The van der Waals surface area contributed by atoms with Crippen LogP contribution in [-0.4, -0.2) is 184 Å². The van der Waals surface area contributed by atoms with Gasteiger partial charge in [-0.05, 0) is 74.1 Å². The van der Waals surface area contributed by atoms with Gasteiger partial charge in [-0.3, -0.25) is 28.0 Å². The normalized spacial score (nSPS) is 20.8. The Balaban J connectivity index is 0.774. The van der Waals surface area contributed by atoms with Gasteiger partial charge in [-0.25, -0.2) is 18.7 Å². The van der Waals surface area contributed by atoms with E-state index in [2.05, 4.69) is 50.8 Å². The summed E-state index contributed by atoms with van der Waals surface area (Å²) in [4.78, 5) is 102. The molecule has 0 bridgehead atoms. The van der Waals surface area contributed by atoms with Crippen molar-refractivity contribution in [2.45, 2.75) is 93.2 Å². The van der Waals surface area contributed by atoms with E-state index >= 15 is 0 Å². The highest BCUT2D eigenvalue weighted by Gasteiger charge is 2.49. The number of ether oxygens (including phenoxy) is 5. The van der Waals surface area contributed by atoms with Crippen molar-refractivity contribution in [1.82, 2.24) is 36.1 Å². The highest BCUT2D eigenvalue weighted by molar-refractivity contribution is 8.00. The van der Waals surface area contributed by atoms with Gasteiger partial charge in [-0.2, -0.15) is 21.9 Å². The lowest BCUT2D eigenvalue weighted by Gasteiger charge is -2.21. The second-order valence-electron chi connectivity index (χ2n) is 18.7. The van der Waals surface area contributed by atoms with Gasteiger partial charge in [-0.1, -0.05) is 12.5 Å². The van der Waals surface area contributed by atoms with Crippen LogP contribution in [0.1, 0.15) is 66.2 Å². The number of anilines is 1. The number of phenols is 1. The molecule has 33 heteroatoms. The number of carbonyl (C=O) groups excluding carboxylic acids is 4. The summed E-state index contributed by atoms with van der Waals surface area (Å²) in [7, 11) is -10.4. The number of fused-ring (bicyclic) bond motifs is 1. The number of urea groups is 1. The predicted molar refractivity (Wildman–Crippen MR) is 289 cm³/mol. The number of nitrogen functional groups attached to an aromatic ring is 1. The Morgan fingerprint density at radius 2 is 1.48 bits per heavy atom. The Bertz CT molecular complexity index is 2740. The van der Waals surface area contributed by atoms with Gasteiger partial charge in [0.05, 0.1) is 77.2 Å². The van der Waals surface area contributed by atoms with Crippen molar-refractivity contribution in [2.75, 3.05) is 90.6 Å². The Labute approximate surface area is 469 Å². The van der Waals surface area contributed by atoms with Gasteiger partial charge in [0.1, 0.15) is 35.6 Å². The number of aryl methyl sites for hydroxylation is 1. The van der Waals surface area contributed by atoms with Crippen molar-refractivity contribution >= 4 is 68.4 Å². The van der Waals surface area contributed by atoms with Crippen LogP contribution in [-0.2, 0) is 64.3 Å². The van der Waals surface area contributed by atoms with Crippen LogP contribution >= 0.6 is 27.4 Å². The zero-order valence-electron chi connectivity index (χ0n) is 44.1. The summed E-state index contributed by atoms with van der Waals surface area (Å²) < 4.78 is 60.1. The largest absolute Gasteiger partial charge is 0.506 e. The molecule has 5 amide bonds. The number of nitrogens with two attached hydrogens (primary N) is 1. The monoisotopic (exact) mass is 1200 g/mol. The molecule has 3 aliphatic rings. The molecule has 0 spiro atoms. The maximum absolute atomic E-state index is 12.9. The number of nitrogens with one attached hydrogen (secondary N) is 5. The van der Waals surface area contributed by atoms with Crippen molar-refractivity contribution < 1.29 is 90.8 Å². The highest BCUT2D eigenvalue weighted by Crippen LogP contribution is 2.45. The molecule has 30 nitrogen and oxygen atoms in total. The summed E-state index contributed by atoms with van der Waals surface area (Å²) in [6.45, 7) is 2.68. The zero-order valence-corrected chi connectivity index (χ0v) is 46.7. The number of rotatable bonds is 36. The molecule has 7 atom stereocenters. The summed E-state index contributed by atoms with van der Waals surface area (Å²) in [5, 5.41) is 44.4. The lowest BCUT2D eigenvalue weighted by molar-refractivity contribution is -0.122. The van der Waals surface area contributed by atoms with E-state index in [9.17, 15) is 53.1 Å². The third-order valence-corrected chi connectivity index (χ3v) is 15.1. The van der Waals surface area contributed by atoms with Gasteiger partial charge in [0.25, 0.3) is 5.91 Å². The first-order chi connectivity index (χ1) is 38.7. The molecular formula is C48H70N10O20P2S. The molecule has 2 aromatic carbocycles. The van der Waals surface area contributed by atoms with Crippen LogP contribution in [0.3, 0.4) is 0 Å². The van der Waals surface area contributed by atoms with Crippen molar-refractivity contribution in [1.29, 1.82) is 0 Å². The van der Waals surface area contributed by atoms with E-state index in [1.165, 1.54) is 24.4 Å². The van der Waals surface area contributed by atoms with E-state index in [1.54, 1.807) is 24.3 Å². The van der Waals surface area contributed by atoms with E-state index < -0.39 is 58.4 Å². The van der Waals surface area contributed by atoms with Crippen molar-refractivity contribution in [2.24, 2.45) is 10.2 Å². The van der Waals surface area contributed by atoms with Crippen LogP contribution in [0.4, 0.5) is 22.0 Å². The van der Waals surface area contributed by atoms with Gasteiger partial charge < -0.3 is 85.8 Å². The molecule has 13 N–H and O–H groups in total. The minimum Gasteiger partial charge on any atom is -0.506 e. The molecule has 3 aromatic rings. The van der Waals surface area contributed by atoms with Crippen LogP contribution in [0.25, 0.3) is 0 Å². The number of amides is 5. The van der Waals surface area contributed by atoms with Gasteiger partial charge in [0.15, 0.2) is 6.23 Å². The Kier molecular flexibility index (Phi) is 25.9. The number of aromatic nitrogens is 2.